The Balaban J connectivity index is 1.48. The van der Waals surface area contributed by atoms with Gasteiger partial charge in [-0.25, -0.2) is 0 Å². The first kappa shape index (κ1) is 17.2. The van der Waals surface area contributed by atoms with Gasteiger partial charge < -0.3 is 19.5 Å². The third kappa shape index (κ3) is 2.76. The number of aliphatic imine (C=N–C) groups is 1. The van der Waals surface area contributed by atoms with E-state index in [2.05, 4.69) is 28.8 Å². The summed E-state index contributed by atoms with van der Waals surface area (Å²) in [6.45, 7) is 4.59. The molecule has 1 spiro atoms. The number of fused-ring (bicyclic) bond motifs is 2. The quantitative estimate of drug-likeness (QED) is 0.659. The molecule has 3 unspecified atom stereocenters. The van der Waals surface area contributed by atoms with Gasteiger partial charge in [0.05, 0.1) is 17.7 Å². The van der Waals surface area contributed by atoms with Crippen LogP contribution in [0.1, 0.15) is 38.3 Å². The van der Waals surface area contributed by atoms with Crippen LogP contribution in [0.3, 0.4) is 0 Å². The van der Waals surface area contributed by atoms with Crippen molar-refractivity contribution in [2.45, 2.75) is 51.3 Å². The van der Waals surface area contributed by atoms with Gasteiger partial charge >= 0.3 is 0 Å². The van der Waals surface area contributed by atoms with Crippen LogP contribution in [0.25, 0.3) is 0 Å². The normalized spacial score (nSPS) is 29.9. The molecule has 5 nitrogen and oxygen atoms in total. The molecule has 3 atom stereocenters. The van der Waals surface area contributed by atoms with E-state index >= 15 is 0 Å². The standard InChI is InChI=1S/C19H29ClN4O/c1-4-21-18(24(3)12-14-10-13(20)11-23(14)2)22-16-15-6-9-25-17(15)19(16)7-5-8-19/h10-11,15-17H,4-9,12H2,1-3H3,(H,21,22). The molecule has 2 saturated carbocycles. The van der Waals surface area contributed by atoms with Gasteiger partial charge in [-0.1, -0.05) is 18.0 Å². The third-order valence-electron chi connectivity index (χ3n) is 6.46. The first-order chi connectivity index (χ1) is 12.0. The summed E-state index contributed by atoms with van der Waals surface area (Å²) in [5.41, 5.74) is 1.55. The molecule has 138 valence electrons. The van der Waals surface area contributed by atoms with Gasteiger partial charge in [0.1, 0.15) is 0 Å². The molecule has 1 aromatic heterocycles. The molecule has 0 bridgehead atoms. The van der Waals surface area contributed by atoms with Crippen LogP contribution >= 0.6 is 11.6 Å². The molecule has 6 heteroatoms. The lowest BCUT2D eigenvalue weighted by Gasteiger charge is -2.63. The Morgan fingerprint density at radius 1 is 1.52 bits per heavy atom. The summed E-state index contributed by atoms with van der Waals surface area (Å²) in [7, 11) is 4.14. The van der Waals surface area contributed by atoms with E-state index in [0.717, 1.165) is 30.7 Å². The van der Waals surface area contributed by atoms with Crippen molar-refractivity contribution in [1.82, 2.24) is 14.8 Å². The summed E-state index contributed by atoms with van der Waals surface area (Å²) in [5, 5.41) is 4.60. The zero-order chi connectivity index (χ0) is 17.6. The smallest absolute Gasteiger partial charge is 0.194 e. The van der Waals surface area contributed by atoms with Gasteiger partial charge in [-0.05, 0) is 32.3 Å². The van der Waals surface area contributed by atoms with Gasteiger partial charge in [-0.3, -0.25) is 4.99 Å². The van der Waals surface area contributed by atoms with Crippen molar-refractivity contribution in [2.24, 2.45) is 23.4 Å². The highest BCUT2D eigenvalue weighted by molar-refractivity contribution is 6.30. The molecule has 0 radical (unpaired) electrons. The van der Waals surface area contributed by atoms with Crippen LogP contribution in [0.15, 0.2) is 17.3 Å². The van der Waals surface area contributed by atoms with E-state index in [0.29, 0.717) is 23.5 Å². The number of guanidine groups is 1. The number of halogens is 1. The summed E-state index contributed by atoms with van der Waals surface area (Å²) < 4.78 is 8.13. The van der Waals surface area contributed by atoms with Crippen LogP contribution in [-0.4, -0.2) is 47.8 Å². The molecular weight excluding hydrogens is 336 g/mol. The minimum absolute atomic E-state index is 0.366. The maximum atomic E-state index is 6.13. The second-order valence-electron chi connectivity index (χ2n) is 7.87. The molecule has 2 aliphatic carbocycles. The number of hydrogen-bond donors (Lipinski definition) is 1. The van der Waals surface area contributed by atoms with Gasteiger partial charge in [0.2, 0.25) is 0 Å². The maximum Gasteiger partial charge on any atom is 0.194 e. The minimum atomic E-state index is 0.366. The number of rotatable bonds is 4. The molecule has 3 aliphatic rings. The van der Waals surface area contributed by atoms with Crippen LogP contribution in [-0.2, 0) is 18.3 Å². The lowest BCUT2D eigenvalue weighted by Crippen LogP contribution is -2.72. The first-order valence-corrected chi connectivity index (χ1v) is 9.87. The Morgan fingerprint density at radius 2 is 2.32 bits per heavy atom. The number of nitrogens with zero attached hydrogens (tertiary/aromatic N) is 3. The van der Waals surface area contributed by atoms with Gasteiger partial charge in [-0.15, -0.1) is 0 Å². The second kappa shape index (κ2) is 6.51. The van der Waals surface area contributed by atoms with Gasteiger partial charge in [0.25, 0.3) is 0 Å². The number of aromatic nitrogens is 1. The van der Waals surface area contributed by atoms with Gasteiger partial charge in [0.15, 0.2) is 5.96 Å². The van der Waals surface area contributed by atoms with Crippen molar-refractivity contribution in [2.75, 3.05) is 20.2 Å². The molecule has 2 heterocycles. The molecule has 1 aliphatic heterocycles. The van der Waals surface area contributed by atoms with Crippen molar-refractivity contribution >= 4 is 17.6 Å². The molecule has 0 amide bonds. The van der Waals surface area contributed by atoms with E-state index in [1.54, 1.807) is 0 Å². The Hall–Kier alpha value is -1.20. The molecule has 3 fully saturated rings. The first-order valence-electron chi connectivity index (χ1n) is 9.49. The molecule has 1 saturated heterocycles. The highest BCUT2D eigenvalue weighted by Gasteiger charge is 2.66. The SMILES string of the molecule is CCN=C(NC1C2CCOC2C12CCC2)N(C)Cc1cc(Cl)cn1C. The van der Waals surface area contributed by atoms with Crippen LogP contribution in [0.2, 0.25) is 5.02 Å². The average molecular weight is 365 g/mol. The van der Waals surface area contributed by atoms with Crippen LogP contribution in [0.4, 0.5) is 0 Å². The largest absolute Gasteiger partial charge is 0.377 e. The van der Waals surface area contributed by atoms with E-state index in [9.17, 15) is 0 Å². The Labute approximate surface area is 155 Å². The average Bonchev–Trinajstić information content (AvgIpc) is 3.06. The second-order valence-corrected chi connectivity index (χ2v) is 8.30. The summed E-state index contributed by atoms with van der Waals surface area (Å²) in [4.78, 5) is 6.98. The number of nitrogens with one attached hydrogen (secondary N) is 1. The summed E-state index contributed by atoms with van der Waals surface area (Å²) in [6, 6.07) is 2.54. The molecule has 1 N–H and O–H groups in total. The number of ether oxygens (including phenoxy) is 1. The van der Waals surface area contributed by atoms with Crippen molar-refractivity contribution in [1.29, 1.82) is 0 Å². The topological polar surface area (TPSA) is 41.8 Å². The van der Waals surface area contributed by atoms with Crippen molar-refractivity contribution < 1.29 is 4.74 Å². The van der Waals surface area contributed by atoms with E-state index in [1.165, 1.54) is 31.4 Å². The highest BCUT2D eigenvalue weighted by atomic mass is 35.5. The third-order valence-corrected chi connectivity index (χ3v) is 6.67. The fraction of sp³-hybridized carbons (Fsp3) is 0.737. The fourth-order valence-corrected chi connectivity index (χ4v) is 5.33. The van der Waals surface area contributed by atoms with E-state index in [1.807, 2.05) is 19.3 Å². The van der Waals surface area contributed by atoms with Gasteiger partial charge in [0, 0.05) is 56.5 Å². The monoisotopic (exact) mass is 364 g/mol. The van der Waals surface area contributed by atoms with Crippen molar-refractivity contribution in [3.8, 4) is 0 Å². The lowest BCUT2D eigenvalue weighted by atomic mass is 9.46. The minimum Gasteiger partial charge on any atom is -0.377 e. The highest BCUT2D eigenvalue weighted by Crippen LogP contribution is 2.62. The fourth-order valence-electron chi connectivity index (χ4n) is 5.06. The van der Waals surface area contributed by atoms with Crippen molar-refractivity contribution in [3.63, 3.8) is 0 Å². The van der Waals surface area contributed by atoms with E-state index in [-0.39, 0.29) is 0 Å². The zero-order valence-corrected chi connectivity index (χ0v) is 16.2. The Kier molecular flexibility index (Phi) is 4.49. The molecule has 1 aromatic rings. The van der Waals surface area contributed by atoms with Gasteiger partial charge in [-0.2, -0.15) is 0 Å². The Morgan fingerprint density at radius 3 is 2.92 bits per heavy atom. The molecule has 4 rings (SSSR count). The van der Waals surface area contributed by atoms with Crippen molar-refractivity contribution in [3.05, 3.63) is 23.0 Å². The molecular formula is C19H29ClN4O. The predicted octanol–water partition coefficient (Wildman–Crippen LogP) is 3.03. The van der Waals surface area contributed by atoms with E-state index in [4.69, 9.17) is 21.3 Å². The molecule has 25 heavy (non-hydrogen) atoms. The maximum absolute atomic E-state index is 6.13. The number of hydrogen-bond acceptors (Lipinski definition) is 2. The summed E-state index contributed by atoms with van der Waals surface area (Å²) >= 11 is 6.13. The Bertz CT molecular complexity index is 666. The summed E-state index contributed by atoms with van der Waals surface area (Å²) in [5.74, 6) is 1.65. The lowest BCUT2D eigenvalue weighted by molar-refractivity contribution is -0.171. The molecule has 0 aromatic carbocycles. The predicted molar refractivity (Wildman–Crippen MR) is 101 cm³/mol. The van der Waals surface area contributed by atoms with Crippen LogP contribution in [0, 0.1) is 11.3 Å². The summed E-state index contributed by atoms with van der Waals surface area (Å²) in [6.07, 6.45) is 7.54. The van der Waals surface area contributed by atoms with Crippen LogP contribution < -0.4 is 5.32 Å². The van der Waals surface area contributed by atoms with Crippen LogP contribution in [0.5, 0.6) is 0 Å². The number of aryl methyl sites for hydroxylation is 1. The van der Waals surface area contributed by atoms with E-state index < -0.39 is 0 Å². The zero-order valence-electron chi connectivity index (χ0n) is 15.5.